The fourth-order valence-electron chi connectivity index (χ4n) is 6.46. The molecule has 2 aromatic rings. The summed E-state index contributed by atoms with van der Waals surface area (Å²) in [5, 5.41) is 37.0. The van der Waals surface area contributed by atoms with E-state index in [0.717, 1.165) is 23.2 Å². The zero-order valence-corrected chi connectivity index (χ0v) is 18.2. The van der Waals surface area contributed by atoms with Gasteiger partial charge in [0, 0.05) is 17.5 Å². The van der Waals surface area contributed by atoms with E-state index in [4.69, 9.17) is 4.74 Å². The molecule has 1 spiro atoms. The minimum atomic E-state index is -1.11. The van der Waals surface area contributed by atoms with Crippen molar-refractivity contribution in [2.45, 2.75) is 56.3 Å². The number of aliphatic hydroxyl groups is 1. The van der Waals surface area contributed by atoms with E-state index >= 15 is 0 Å². The number of likely N-dealkylation sites (tertiary alicyclic amines) is 1. The number of piperidine rings is 1. The number of hydrogen-bond acceptors (Lipinski definition) is 6. The molecule has 1 aliphatic carbocycles. The van der Waals surface area contributed by atoms with Gasteiger partial charge in [0.05, 0.1) is 11.0 Å². The largest absolute Gasteiger partial charge is 0.504 e. The third kappa shape index (κ3) is 2.61. The Balaban J connectivity index is 1.70. The van der Waals surface area contributed by atoms with E-state index in [0.29, 0.717) is 30.7 Å². The molecule has 1 saturated carbocycles. The van der Waals surface area contributed by atoms with Crippen molar-refractivity contribution in [3.63, 3.8) is 0 Å². The summed E-state index contributed by atoms with van der Waals surface area (Å²) in [6.07, 6.45) is 1.14. The van der Waals surface area contributed by atoms with Crippen LogP contribution in [0.5, 0.6) is 11.5 Å². The Morgan fingerprint density at radius 2 is 1.94 bits per heavy atom. The van der Waals surface area contributed by atoms with Gasteiger partial charge in [-0.2, -0.15) is 0 Å². The molecule has 2 heterocycles. The first-order valence-electron chi connectivity index (χ1n) is 11.0. The highest BCUT2D eigenvalue weighted by molar-refractivity contribution is 5.96. The predicted octanol–water partition coefficient (Wildman–Crippen LogP) is 3.25. The van der Waals surface area contributed by atoms with Crippen molar-refractivity contribution in [2.75, 3.05) is 13.6 Å². The second-order valence-electron chi connectivity index (χ2n) is 9.52. The SMILES string of the molecule is Cc1ccc(O)c2c1[C@]13CCN(C)[C@H](C)[C@]1(O)C[C@H](Cc1ccccc1)/C(=N/O)[C@@H]3O2. The standard InChI is InChI=1S/C25H30N2O4/c1-15-9-10-19(28)22-20(15)24-11-12-27(3)16(2)25(24,29)14-18(21(26-30)23(24)31-22)13-17-7-5-4-6-8-17/h4-10,16,18,23,28-30H,11-14H2,1-3H3/b26-21-/t16-,18+,23+,24+,25-/m1/s1. The van der Waals surface area contributed by atoms with E-state index in [9.17, 15) is 15.4 Å². The molecule has 6 heteroatoms. The van der Waals surface area contributed by atoms with Gasteiger partial charge in [0.2, 0.25) is 0 Å². The maximum absolute atomic E-state index is 12.5. The number of nitrogens with zero attached hydrogens (tertiary/aromatic N) is 2. The van der Waals surface area contributed by atoms with Crippen LogP contribution < -0.4 is 4.74 Å². The number of fused-ring (bicyclic) bond motifs is 1. The van der Waals surface area contributed by atoms with Crippen LogP contribution >= 0.6 is 0 Å². The lowest BCUT2D eigenvalue weighted by Gasteiger charge is -2.60. The Bertz CT molecular complexity index is 1040. The normalized spacial score (nSPS) is 35.9. The summed E-state index contributed by atoms with van der Waals surface area (Å²) in [5.41, 5.74) is 1.63. The van der Waals surface area contributed by atoms with Crippen LogP contribution in [-0.2, 0) is 11.8 Å². The number of hydrogen-bond donors (Lipinski definition) is 3. The molecule has 164 valence electrons. The summed E-state index contributed by atoms with van der Waals surface area (Å²) < 4.78 is 6.38. The van der Waals surface area contributed by atoms with Gasteiger partial charge in [-0.3, -0.25) is 0 Å². The molecule has 6 nitrogen and oxygen atoms in total. The van der Waals surface area contributed by atoms with Crippen molar-refractivity contribution in [1.82, 2.24) is 4.90 Å². The van der Waals surface area contributed by atoms with Crippen LogP contribution in [0, 0.1) is 12.8 Å². The molecule has 0 bridgehead atoms. The van der Waals surface area contributed by atoms with E-state index in [2.05, 4.69) is 29.1 Å². The first-order valence-corrected chi connectivity index (χ1v) is 11.0. The Labute approximate surface area is 182 Å². The second kappa shape index (κ2) is 6.97. The number of benzene rings is 2. The van der Waals surface area contributed by atoms with E-state index in [-0.39, 0.29) is 17.7 Å². The van der Waals surface area contributed by atoms with E-state index in [1.54, 1.807) is 6.07 Å². The smallest absolute Gasteiger partial charge is 0.166 e. The average molecular weight is 423 g/mol. The number of ether oxygens (including phenoxy) is 1. The van der Waals surface area contributed by atoms with Gasteiger partial charge in [0.25, 0.3) is 0 Å². The second-order valence-corrected chi connectivity index (χ2v) is 9.52. The van der Waals surface area contributed by atoms with Crippen LogP contribution in [0.1, 0.15) is 36.5 Å². The molecule has 2 aromatic carbocycles. The summed E-state index contributed by atoms with van der Waals surface area (Å²) in [6.45, 7) is 4.84. The van der Waals surface area contributed by atoms with Crippen LogP contribution in [0.15, 0.2) is 47.6 Å². The van der Waals surface area contributed by atoms with Crippen molar-refractivity contribution in [3.8, 4) is 11.5 Å². The van der Waals surface area contributed by atoms with Crippen LogP contribution in [0.3, 0.4) is 0 Å². The zero-order valence-electron chi connectivity index (χ0n) is 18.2. The molecule has 1 saturated heterocycles. The van der Waals surface area contributed by atoms with Crippen LogP contribution in [0.4, 0.5) is 0 Å². The maximum Gasteiger partial charge on any atom is 0.166 e. The molecule has 5 rings (SSSR count). The van der Waals surface area contributed by atoms with Gasteiger partial charge in [-0.05, 0) is 63.9 Å². The van der Waals surface area contributed by atoms with Crippen LogP contribution in [-0.4, -0.2) is 57.4 Å². The first-order chi connectivity index (χ1) is 14.8. The van der Waals surface area contributed by atoms with Crippen molar-refractivity contribution in [1.29, 1.82) is 0 Å². The number of phenols is 1. The lowest BCUT2D eigenvalue weighted by molar-refractivity contribution is -0.157. The average Bonchev–Trinajstić information content (AvgIpc) is 3.12. The molecule has 2 fully saturated rings. The summed E-state index contributed by atoms with van der Waals surface area (Å²) in [6, 6.07) is 13.5. The quantitative estimate of drug-likeness (QED) is 0.511. The molecule has 0 amide bonds. The van der Waals surface area contributed by atoms with Crippen molar-refractivity contribution in [2.24, 2.45) is 11.1 Å². The van der Waals surface area contributed by atoms with Gasteiger partial charge in [-0.15, -0.1) is 0 Å². The molecule has 2 aliphatic heterocycles. The minimum Gasteiger partial charge on any atom is -0.504 e. The van der Waals surface area contributed by atoms with E-state index in [1.165, 1.54) is 0 Å². The molecule has 31 heavy (non-hydrogen) atoms. The predicted molar refractivity (Wildman–Crippen MR) is 118 cm³/mol. The molecule has 5 atom stereocenters. The van der Waals surface area contributed by atoms with Gasteiger partial charge in [-0.25, -0.2) is 0 Å². The van der Waals surface area contributed by atoms with E-state index in [1.807, 2.05) is 38.2 Å². The number of phenolic OH excluding ortho intramolecular Hbond substituents is 1. The Morgan fingerprint density at radius 1 is 1.19 bits per heavy atom. The number of rotatable bonds is 2. The van der Waals surface area contributed by atoms with Crippen molar-refractivity contribution >= 4 is 5.71 Å². The Morgan fingerprint density at radius 3 is 2.65 bits per heavy atom. The zero-order chi connectivity index (χ0) is 22.0. The molecule has 3 aliphatic rings. The topological polar surface area (TPSA) is 85.5 Å². The highest BCUT2D eigenvalue weighted by atomic mass is 16.5. The van der Waals surface area contributed by atoms with E-state index < -0.39 is 17.1 Å². The molecule has 0 unspecified atom stereocenters. The molecular weight excluding hydrogens is 392 g/mol. The van der Waals surface area contributed by atoms with Crippen molar-refractivity contribution in [3.05, 3.63) is 59.2 Å². The molecular formula is C25H30N2O4. The third-order valence-electron chi connectivity index (χ3n) is 8.14. The van der Waals surface area contributed by atoms with Gasteiger partial charge >= 0.3 is 0 Å². The maximum atomic E-state index is 12.5. The Hall–Kier alpha value is -2.57. The lowest BCUT2D eigenvalue weighted by Crippen LogP contribution is -2.75. The summed E-state index contributed by atoms with van der Waals surface area (Å²) in [7, 11) is 2.04. The van der Waals surface area contributed by atoms with Gasteiger partial charge in [0.15, 0.2) is 17.6 Å². The molecule has 0 radical (unpaired) electrons. The molecule has 0 aromatic heterocycles. The number of oxime groups is 1. The van der Waals surface area contributed by atoms with Crippen molar-refractivity contribution < 1.29 is 20.2 Å². The fourth-order valence-corrected chi connectivity index (χ4v) is 6.46. The molecule has 3 N–H and O–H groups in total. The third-order valence-corrected chi connectivity index (χ3v) is 8.14. The van der Waals surface area contributed by atoms with Gasteiger partial charge in [-0.1, -0.05) is 41.6 Å². The monoisotopic (exact) mass is 422 g/mol. The number of aromatic hydroxyl groups is 1. The Kier molecular flexibility index (Phi) is 4.57. The van der Waals surface area contributed by atoms with Gasteiger partial charge in [0.1, 0.15) is 5.71 Å². The minimum absolute atomic E-state index is 0.0650. The summed E-state index contributed by atoms with van der Waals surface area (Å²) in [5.74, 6) is 0.304. The van der Waals surface area contributed by atoms with Crippen LogP contribution in [0.25, 0.3) is 0 Å². The number of likely N-dealkylation sites (N-methyl/N-ethyl adjacent to an activating group) is 1. The van der Waals surface area contributed by atoms with Gasteiger partial charge < -0.3 is 25.1 Å². The summed E-state index contributed by atoms with van der Waals surface area (Å²) in [4.78, 5) is 2.19. The lowest BCUT2D eigenvalue weighted by atomic mass is 9.50. The first kappa shape index (κ1) is 20.3. The summed E-state index contributed by atoms with van der Waals surface area (Å²) >= 11 is 0. The van der Waals surface area contributed by atoms with Crippen LogP contribution in [0.2, 0.25) is 0 Å². The highest BCUT2D eigenvalue weighted by Crippen LogP contribution is 2.62. The number of aryl methyl sites for hydroxylation is 1. The fraction of sp³-hybridized carbons (Fsp3) is 0.480. The highest BCUT2D eigenvalue weighted by Gasteiger charge is 2.71.